The molecular formula is C9H9ClO2. The number of rotatable bonds is 2. The van der Waals surface area contributed by atoms with Crippen LogP contribution in [-0.4, -0.2) is 12.0 Å². The van der Waals surface area contributed by atoms with Crippen molar-refractivity contribution in [1.29, 1.82) is 0 Å². The van der Waals surface area contributed by atoms with Crippen LogP contribution in [0.25, 0.3) is 0 Å². The second-order valence-electron chi connectivity index (χ2n) is 2.41. The summed E-state index contributed by atoms with van der Waals surface area (Å²) in [5.74, 6) is -0.384. The quantitative estimate of drug-likeness (QED) is 0.521. The van der Waals surface area contributed by atoms with Gasteiger partial charge in [-0.2, -0.15) is 0 Å². The molecular weight excluding hydrogens is 176 g/mol. The van der Waals surface area contributed by atoms with Crippen molar-refractivity contribution in [2.24, 2.45) is 0 Å². The molecule has 0 radical (unpaired) electrons. The van der Waals surface area contributed by atoms with E-state index in [4.69, 9.17) is 11.6 Å². The van der Waals surface area contributed by atoms with Crippen molar-refractivity contribution in [3.63, 3.8) is 0 Å². The third kappa shape index (κ3) is 2.24. The van der Waals surface area contributed by atoms with Crippen LogP contribution in [0.3, 0.4) is 0 Å². The van der Waals surface area contributed by atoms with Crippen LogP contribution < -0.4 is 0 Å². The first kappa shape index (κ1) is 9.07. The maximum Gasteiger partial charge on any atom is 0.339 e. The lowest BCUT2D eigenvalue weighted by Crippen LogP contribution is -2.02. The van der Waals surface area contributed by atoms with Crippen LogP contribution in [0.2, 0.25) is 0 Å². The minimum atomic E-state index is -0.384. The summed E-state index contributed by atoms with van der Waals surface area (Å²) in [5, 5.41) is 0. The molecule has 0 heterocycles. The second kappa shape index (κ2) is 4.12. The molecule has 0 aliphatic carbocycles. The zero-order chi connectivity index (χ0) is 8.97. The summed E-state index contributed by atoms with van der Waals surface area (Å²) in [6, 6.07) is 7.02. The number of ether oxygens (including phenoxy) is 1. The standard InChI is InChI=1S/C9H9ClO2/c1-7-2-4-8(5-3-7)9(11)12-6-10/h2-5H,6H2,1H3. The van der Waals surface area contributed by atoms with E-state index in [9.17, 15) is 4.79 Å². The van der Waals surface area contributed by atoms with E-state index < -0.39 is 0 Å². The Morgan fingerprint density at radius 2 is 2.00 bits per heavy atom. The molecule has 0 fully saturated rings. The van der Waals surface area contributed by atoms with Gasteiger partial charge < -0.3 is 4.74 Å². The summed E-state index contributed by atoms with van der Waals surface area (Å²) in [6.07, 6.45) is 0. The number of alkyl halides is 1. The summed E-state index contributed by atoms with van der Waals surface area (Å²) < 4.78 is 4.59. The van der Waals surface area contributed by atoms with Crippen molar-refractivity contribution in [1.82, 2.24) is 0 Å². The van der Waals surface area contributed by atoms with Crippen molar-refractivity contribution in [3.05, 3.63) is 35.4 Å². The van der Waals surface area contributed by atoms with Gasteiger partial charge in [0, 0.05) is 0 Å². The normalized spacial score (nSPS) is 9.50. The Balaban J connectivity index is 2.75. The van der Waals surface area contributed by atoms with Gasteiger partial charge >= 0.3 is 5.97 Å². The highest BCUT2D eigenvalue weighted by Crippen LogP contribution is 2.04. The van der Waals surface area contributed by atoms with Crippen molar-refractivity contribution in [2.75, 3.05) is 6.07 Å². The number of hydrogen-bond donors (Lipinski definition) is 0. The number of carbonyl (C=O) groups excluding carboxylic acids is 1. The molecule has 0 amide bonds. The Kier molecular flexibility index (Phi) is 3.11. The van der Waals surface area contributed by atoms with Crippen molar-refractivity contribution >= 4 is 17.6 Å². The van der Waals surface area contributed by atoms with Gasteiger partial charge in [0.1, 0.15) is 0 Å². The Morgan fingerprint density at radius 3 is 2.50 bits per heavy atom. The lowest BCUT2D eigenvalue weighted by Gasteiger charge is -1.99. The predicted molar refractivity (Wildman–Crippen MR) is 47.3 cm³/mol. The van der Waals surface area contributed by atoms with E-state index in [1.165, 1.54) is 0 Å². The zero-order valence-electron chi connectivity index (χ0n) is 6.71. The molecule has 0 aromatic heterocycles. The number of halogens is 1. The van der Waals surface area contributed by atoms with Crippen molar-refractivity contribution in [2.45, 2.75) is 6.92 Å². The van der Waals surface area contributed by atoms with Crippen molar-refractivity contribution < 1.29 is 9.53 Å². The molecule has 1 aromatic rings. The van der Waals surface area contributed by atoms with Gasteiger partial charge in [-0.3, -0.25) is 0 Å². The topological polar surface area (TPSA) is 26.3 Å². The molecule has 12 heavy (non-hydrogen) atoms. The molecule has 0 spiro atoms. The van der Waals surface area contributed by atoms with E-state index >= 15 is 0 Å². The third-order valence-corrected chi connectivity index (χ3v) is 1.58. The molecule has 1 aromatic carbocycles. The molecule has 0 aliphatic rings. The third-order valence-electron chi connectivity index (χ3n) is 1.47. The fraction of sp³-hybridized carbons (Fsp3) is 0.222. The SMILES string of the molecule is Cc1ccc(C(=O)OCCl)cc1. The molecule has 1 rings (SSSR count). The number of carbonyl (C=O) groups is 1. The van der Waals surface area contributed by atoms with Crippen LogP contribution in [0.5, 0.6) is 0 Å². The molecule has 2 nitrogen and oxygen atoms in total. The van der Waals surface area contributed by atoms with Crippen LogP contribution in [0.15, 0.2) is 24.3 Å². The fourth-order valence-corrected chi connectivity index (χ4v) is 0.922. The molecule has 0 saturated carbocycles. The maximum atomic E-state index is 11.0. The summed E-state index contributed by atoms with van der Waals surface area (Å²) in [5.41, 5.74) is 1.64. The first-order chi connectivity index (χ1) is 5.74. The van der Waals surface area contributed by atoms with E-state index in [1.54, 1.807) is 12.1 Å². The first-order valence-electron chi connectivity index (χ1n) is 3.54. The monoisotopic (exact) mass is 184 g/mol. The highest BCUT2D eigenvalue weighted by molar-refractivity contribution is 6.17. The predicted octanol–water partition coefficient (Wildman–Crippen LogP) is 2.35. The molecule has 0 saturated heterocycles. The van der Waals surface area contributed by atoms with Crippen LogP contribution in [0.1, 0.15) is 15.9 Å². The van der Waals surface area contributed by atoms with E-state index in [1.807, 2.05) is 19.1 Å². The Labute approximate surface area is 76.1 Å². The number of esters is 1. The maximum absolute atomic E-state index is 11.0. The van der Waals surface area contributed by atoms with Crippen LogP contribution in [0, 0.1) is 6.92 Å². The molecule has 64 valence electrons. The first-order valence-corrected chi connectivity index (χ1v) is 4.07. The van der Waals surface area contributed by atoms with Crippen LogP contribution in [-0.2, 0) is 4.74 Å². The van der Waals surface area contributed by atoms with Gasteiger partial charge in [0.15, 0.2) is 6.07 Å². The van der Waals surface area contributed by atoms with Gasteiger partial charge in [0.25, 0.3) is 0 Å². The van der Waals surface area contributed by atoms with E-state index in [0.717, 1.165) is 5.56 Å². The number of benzene rings is 1. The molecule has 0 unspecified atom stereocenters. The minimum absolute atomic E-state index is 0.104. The average molecular weight is 185 g/mol. The van der Waals surface area contributed by atoms with Gasteiger partial charge in [-0.05, 0) is 19.1 Å². The minimum Gasteiger partial charge on any atom is -0.446 e. The zero-order valence-corrected chi connectivity index (χ0v) is 7.47. The smallest absolute Gasteiger partial charge is 0.339 e. The summed E-state index contributed by atoms with van der Waals surface area (Å²) in [7, 11) is 0. The number of hydrogen-bond acceptors (Lipinski definition) is 2. The largest absolute Gasteiger partial charge is 0.446 e. The molecule has 0 bridgehead atoms. The average Bonchev–Trinajstić information content (AvgIpc) is 2.06. The Morgan fingerprint density at radius 1 is 1.42 bits per heavy atom. The van der Waals surface area contributed by atoms with E-state index in [-0.39, 0.29) is 12.0 Å². The van der Waals surface area contributed by atoms with E-state index in [0.29, 0.717) is 5.56 Å². The Bertz CT molecular complexity index is 266. The highest BCUT2D eigenvalue weighted by Gasteiger charge is 2.04. The lowest BCUT2D eigenvalue weighted by molar-refractivity contribution is 0.0574. The fourth-order valence-electron chi connectivity index (χ4n) is 0.823. The molecule has 0 aliphatic heterocycles. The summed E-state index contributed by atoms with van der Waals surface area (Å²) in [6.45, 7) is 1.96. The highest BCUT2D eigenvalue weighted by atomic mass is 35.5. The van der Waals surface area contributed by atoms with Gasteiger partial charge in [-0.1, -0.05) is 29.3 Å². The molecule has 0 N–H and O–H groups in total. The summed E-state index contributed by atoms with van der Waals surface area (Å²) in [4.78, 5) is 11.0. The summed E-state index contributed by atoms with van der Waals surface area (Å²) >= 11 is 5.23. The van der Waals surface area contributed by atoms with Crippen LogP contribution in [0.4, 0.5) is 0 Å². The van der Waals surface area contributed by atoms with Gasteiger partial charge in [0.2, 0.25) is 0 Å². The van der Waals surface area contributed by atoms with Crippen molar-refractivity contribution in [3.8, 4) is 0 Å². The van der Waals surface area contributed by atoms with Gasteiger partial charge in [-0.25, -0.2) is 4.79 Å². The number of aryl methyl sites for hydroxylation is 1. The molecule has 3 heteroatoms. The Hall–Kier alpha value is -1.02. The second-order valence-corrected chi connectivity index (χ2v) is 2.63. The van der Waals surface area contributed by atoms with Gasteiger partial charge in [-0.15, -0.1) is 0 Å². The van der Waals surface area contributed by atoms with E-state index in [2.05, 4.69) is 4.74 Å². The van der Waals surface area contributed by atoms with Crippen LogP contribution >= 0.6 is 11.6 Å². The van der Waals surface area contributed by atoms with Gasteiger partial charge in [0.05, 0.1) is 5.56 Å². The molecule has 0 atom stereocenters. The lowest BCUT2D eigenvalue weighted by atomic mass is 10.2.